The molecule has 24 heavy (non-hydrogen) atoms. The zero-order valence-electron chi connectivity index (χ0n) is 14.5. The summed E-state index contributed by atoms with van der Waals surface area (Å²) in [7, 11) is 0. The van der Waals surface area contributed by atoms with E-state index in [-0.39, 0.29) is 18.1 Å². The summed E-state index contributed by atoms with van der Waals surface area (Å²) in [4.78, 5) is 20.3. The molecule has 2 fully saturated rings. The van der Waals surface area contributed by atoms with Crippen LogP contribution in [0.1, 0.15) is 60.3 Å². The van der Waals surface area contributed by atoms with Crippen molar-refractivity contribution in [3.05, 3.63) is 28.2 Å². The largest absolute Gasteiger partial charge is 0.371 e. The van der Waals surface area contributed by atoms with Crippen LogP contribution in [0.15, 0.2) is 18.3 Å². The molecule has 4 atom stereocenters. The number of amides is 1. The Labute approximate surface area is 147 Å². The van der Waals surface area contributed by atoms with Crippen LogP contribution >= 0.6 is 11.3 Å². The number of thiazole rings is 1. The zero-order chi connectivity index (χ0) is 16.7. The number of aromatic nitrogens is 1. The molecule has 1 aliphatic heterocycles. The lowest BCUT2D eigenvalue weighted by Crippen LogP contribution is -2.41. The number of carbonyl (C=O) groups is 1. The molecule has 2 bridgehead atoms. The monoisotopic (exact) mass is 346 g/mol. The number of ether oxygens (including phenoxy) is 1. The molecule has 0 radical (unpaired) electrons. The zero-order valence-corrected chi connectivity index (χ0v) is 15.3. The van der Waals surface area contributed by atoms with Crippen LogP contribution in [0.3, 0.4) is 0 Å². The van der Waals surface area contributed by atoms with Crippen molar-refractivity contribution in [1.82, 2.24) is 9.88 Å². The van der Waals surface area contributed by atoms with E-state index in [2.05, 4.69) is 31.0 Å². The number of rotatable bonds is 5. The van der Waals surface area contributed by atoms with Crippen molar-refractivity contribution in [2.75, 3.05) is 13.2 Å². The SMILES string of the molecule is CC(C)N(CC1CC2C=CC1C2)C(=O)c1cnc(C2CCCO2)s1. The summed E-state index contributed by atoms with van der Waals surface area (Å²) < 4.78 is 5.70. The number of allylic oxidation sites excluding steroid dienone is 2. The Morgan fingerprint density at radius 1 is 1.42 bits per heavy atom. The first kappa shape index (κ1) is 16.3. The highest BCUT2D eigenvalue weighted by atomic mass is 32.1. The number of nitrogens with zero attached hydrogens (tertiary/aromatic N) is 2. The van der Waals surface area contributed by atoms with E-state index in [1.54, 1.807) is 6.20 Å². The summed E-state index contributed by atoms with van der Waals surface area (Å²) in [5.41, 5.74) is 0. The minimum absolute atomic E-state index is 0.0970. The van der Waals surface area contributed by atoms with Crippen LogP contribution in [0.5, 0.6) is 0 Å². The number of hydrogen-bond donors (Lipinski definition) is 0. The third-order valence-corrected chi connectivity index (χ3v) is 6.75. The third-order valence-electron chi connectivity index (χ3n) is 5.67. The fourth-order valence-electron chi connectivity index (χ4n) is 4.33. The van der Waals surface area contributed by atoms with E-state index in [4.69, 9.17) is 4.74 Å². The van der Waals surface area contributed by atoms with Gasteiger partial charge in [0.2, 0.25) is 0 Å². The molecule has 2 heterocycles. The summed E-state index contributed by atoms with van der Waals surface area (Å²) >= 11 is 1.52. The predicted octanol–water partition coefficient (Wildman–Crippen LogP) is 4.06. The minimum Gasteiger partial charge on any atom is -0.371 e. The molecule has 5 heteroatoms. The number of fused-ring (bicyclic) bond motifs is 2. The molecule has 4 nitrogen and oxygen atoms in total. The molecule has 1 aromatic rings. The first-order valence-electron chi connectivity index (χ1n) is 9.18. The van der Waals surface area contributed by atoms with Gasteiger partial charge in [0.1, 0.15) is 16.0 Å². The van der Waals surface area contributed by atoms with Crippen LogP contribution in [0, 0.1) is 17.8 Å². The van der Waals surface area contributed by atoms with Gasteiger partial charge in [-0.1, -0.05) is 12.2 Å². The quantitative estimate of drug-likeness (QED) is 0.755. The third kappa shape index (κ3) is 3.04. The second-order valence-electron chi connectivity index (χ2n) is 7.66. The lowest BCUT2D eigenvalue weighted by atomic mass is 9.92. The van der Waals surface area contributed by atoms with Crippen molar-refractivity contribution in [2.24, 2.45) is 17.8 Å². The fourth-order valence-corrected chi connectivity index (χ4v) is 5.29. The first-order valence-corrected chi connectivity index (χ1v) is 10.00. The number of hydrogen-bond acceptors (Lipinski definition) is 4. The van der Waals surface area contributed by atoms with Crippen molar-refractivity contribution in [1.29, 1.82) is 0 Å². The lowest BCUT2D eigenvalue weighted by molar-refractivity contribution is 0.0666. The molecular weight excluding hydrogens is 320 g/mol. The second-order valence-corrected chi connectivity index (χ2v) is 8.72. The van der Waals surface area contributed by atoms with Gasteiger partial charge < -0.3 is 9.64 Å². The molecule has 4 rings (SSSR count). The highest BCUT2D eigenvalue weighted by molar-refractivity contribution is 7.13. The highest BCUT2D eigenvalue weighted by Gasteiger charge is 2.38. The van der Waals surface area contributed by atoms with Crippen molar-refractivity contribution < 1.29 is 9.53 Å². The molecule has 1 saturated heterocycles. The molecular formula is C19H26N2O2S. The topological polar surface area (TPSA) is 42.4 Å². The highest BCUT2D eigenvalue weighted by Crippen LogP contribution is 2.44. The molecule has 0 N–H and O–H groups in total. The van der Waals surface area contributed by atoms with Gasteiger partial charge in [0.25, 0.3) is 5.91 Å². The molecule has 1 amide bonds. The standard InChI is InChI=1S/C19H26N2O2S/c1-12(2)21(11-15-9-13-5-6-14(15)8-13)19(22)17-10-20-18(24-17)16-4-3-7-23-16/h5-6,10,12-16H,3-4,7-9,11H2,1-2H3. The van der Waals surface area contributed by atoms with Crippen molar-refractivity contribution >= 4 is 17.2 Å². The van der Waals surface area contributed by atoms with E-state index in [0.717, 1.165) is 41.8 Å². The van der Waals surface area contributed by atoms with Crippen LogP contribution in [-0.2, 0) is 4.74 Å². The minimum atomic E-state index is 0.0970. The molecule has 2 aliphatic carbocycles. The van der Waals surface area contributed by atoms with Crippen LogP contribution in [0.25, 0.3) is 0 Å². The Kier molecular flexibility index (Phi) is 4.48. The Balaban J connectivity index is 1.46. The summed E-state index contributed by atoms with van der Waals surface area (Å²) in [5.74, 6) is 2.18. The van der Waals surface area contributed by atoms with Crippen LogP contribution in [-0.4, -0.2) is 35.0 Å². The molecule has 1 saturated carbocycles. The van der Waals surface area contributed by atoms with Gasteiger partial charge in [0, 0.05) is 19.2 Å². The van der Waals surface area contributed by atoms with Crippen LogP contribution in [0.2, 0.25) is 0 Å². The van der Waals surface area contributed by atoms with E-state index in [1.165, 1.54) is 24.2 Å². The summed E-state index contributed by atoms with van der Waals surface area (Å²) in [6.45, 7) is 5.91. The van der Waals surface area contributed by atoms with Gasteiger partial charge >= 0.3 is 0 Å². The van der Waals surface area contributed by atoms with Gasteiger partial charge in [0.05, 0.1) is 6.20 Å². The van der Waals surface area contributed by atoms with Gasteiger partial charge in [-0.3, -0.25) is 4.79 Å². The summed E-state index contributed by atoms with van der Waals surface area (Å²) in [6, 6.07) is 0.217. The number of carbonyl (C=O) groups excluding carboxylic acids is 1. The van der Waals surface area contributed by atoms with Crippen molar-refractivity contribution in [3.63, 3.8) is 0 Å². The molecule has 4 unspecified atom stereocenters. The van der Waals surface area contributed by atoms with Gasteiger partial charge in [-0.05, 0) is 57.3 Å². The fraction of sp³-hybridized carbons (Fsp3) is 0.684. The average Bonchev–Trinajstić information content (AvgIpc) is 3.35. The van der Waals surface area contributed by atoms with Crippen LogP contribution < -0.4 is 0 Å². The second kappa shape index (κ2) is 6.60. The van der Waals surface area contributed by atoms with E-state index in [9.17, 15) is 4.79 Å². The van der Waals surface area contributed by atoms with Crippen molar-refractivity contribution in [2.45, 2.75) is 51.7 Å². The molecule has 0 spiro atoms. The summed E-state index contributed by atoms with van der Waals surface area (Å²) in [6.07, 6.45) is 11.2. The maximum absolute atomic E-state index is 13.0. The van der Waals surface area contributed by atoms with E-state index < -0.39 is 0 Å². The van der Waals surface area contributed by atoms with Gasteiger partial charge in [-0.25, -0.2) is 4.98 Å². The lowest BCUT2D eigenvalue weighted by Gasteiger charge is -2.31. The smallest absolute Gasteiger partial charge is 0.265 e. The molecule has 130 valence electrons. The average molecular weight is 346 g/mol. The van der Waals surface area contributed by atoms with Crippen LogP contribution in [0.4, 0.5) is 0 Å². The Hall–Kier alpha value is -1.20. The predicted molar refractivity (Wildman–Crippen MR) is 95.1 cm³/mol. The maximum atomic E-state index is 13.0. The van der Waals surface area contributed by atoms with E-state index in [0.29, 0.717) is 11.8 Å². The van der Waals surface area contributed by atoms with Gasteiger partial charge in [-0.2, -0.15) is 0 Å². The van der Waals surface area contributed by atoms with Gasteiger partial charge in [0.15, 0.2) is 0 Å². The maximum Gasteiger partial charge on any atom is 0.265 e. The Morgan fingerprint density at radius 3 is 2.92 bits per heavy atom. The Bertz CT molecular complexity index is 633. The molecule has 0 aromatic carbocycles. The molecule has 1 aromatic heterocycles. The van der Waals surface area contributed by atoms with E-state index >= 15 is 0 Å². The first-order chi connectivity index (χ1) is 11.6. The van der Waals surface area contributed by atoms with E-state index in [1.807, 2.05) is 4.90 Å². The van der Waals surface area contributed by atoms with Crippen molar-refractivity contribution in [3.8, 4) is 0 Å². The summed E-state index contributed by atoms with van der Waals surface area (Å²) in [5, 5.41) is 0.961. The molecule has 3 aliphatic rings. The normalized spacial score (nSPS) is 31.3. The Morgan fingerprint density at radius 2 is 2.29 bits per heavy atom. The van der Waals surface area contributed by atoms with Gasteiger partial charge in [-0.15, -0.1) is 11.3 Å².